The zero-order chi connectivity index (χ0) is 15.7. The molecule has 0 aliphatic rings. The summed E-state index contributed by atoms with van der Waals surface area (Å²) < 4.78 is 7.22. The number of nitrogens with zero attached hydrogens (tertiary/aromatic N) is 4. The third-order valence-electron chi connectivity index (χ3n) is 3.36. The van der Waals surface area contributed by atoms with Gasteiger partial charge >= 0.3 is 0 Å². The lowest BCUT2D eigenvalue weighted by Crippen LogP contribution is -1.96. The Morgan fingerprint density at radius 1 is 1.23 bits per heavy atom. The molecule has 0 fully saturated rings. The van der Waals surface area contributed by atoms with Crippen molar-refractivity contribution in [3.8, 4) is 17.1 Å². The van der Waals surface area contributed by atoms with Crippen molar-refractivity contribution in [2.24, 2.45) is 7.05 Å². The van der Waals surface area contributed by atoms with Crippen LogP contribution in [0.4, 0.5) is 0 Å². The highest BCUT2D eigenvalue weighted by molar-refractivity contribution is 7.98. The highest BCUT2D eigenvalue weighted by Gasteiger charge is 2.15. The predicted octanol–water partition coefficient (Wildman–Crippen LogP) is 3.08. The van der Waals surface area contributed by atoms with Crippen molar-refractivity contribution in [1.82, 2.24) is 19.7 Å². The Balaban J connectivity index is 1.81. The lowest BCUT2D eigenvalue weighted by molar-refractivity contribution is 0.466. The molecule has 22 heavy (non-hydrogen) atoms. The summed E-state index contributed by atoms with van der Waals surface area (Å²) >= 11 is 1.48. The molecule has 0 unspecified atom stereocenters. The van der Waals surface area contributed by atoms with E-state index in [1.165, 1.54) is 11.8 Å². The number of aromatic nitrogens is 4. The van der Waals surface area contributed by atoms with E-state index in [-0.39, 0.29) is 5.75 Å². The molecule has 0 atom stereocenters. The second-order valence-electron chi connectivity index (χ2n) is 4.96. The summed E-state index contributed by atoms with van der Waals surface area (Å²) in [4.78, 5) is 4.34. The average molecular weight is 316 g/mol. The molecule has 3 heterocycles. The van der Waals surface area contributed by atoms with Gasteiger partial charge < -0.3 is 14.1 Å². The minimum atomic E-state index is 0.200. The second kappa shape index (κ2) is 5.84. The van der Waals surface area contributed by atoms with Crippen LogP contribution in [0.25, 0.3) is 11.4 Å². The van der Waals surface area contributed by atoms with Crippen LogP contribution < -0.4 is 0 Å². The third kappa shape index (κ3) is 2.71. The van der Waals surface area contributed by atoms with Crippen LogP contribution in [0.3, 0.4) is 0 Å². The molecule has 7 heteroatoms. The quantitative estimate of drug-likeness (QED) is 0.745. The van der Waals surface area contributed by atoms with Gasteiger partial charge in [-0.25, -0.2) is 0 Å². The number of thioether (sulfide) groups is 1. The molecule has 114 valence electrons. The van der Waals surface area contributed by atoms with Gasteiger partial charge in [-0.05, 0) is 32.0 Å². The molecule has 0 spiro atoms. The van der Waals surface area contributed by atoms with Gasteiger partial charge in [-0.1, -0.05) is 11.8 Å². The lowest BCUT2D eigenvalue weighted by Gasteiger charge is -2.05. The van der Waals surface area contributed by atoms with Gasteiger partial charge in [-0.3, -0.25) is 4.98 Å². The fraction of sp³-hybridized carbons (Fsp3) is 0.267. The number of pyridine rings is 1. The maximum atomic E-state index is 9.84. The molecule has 0 amide bonds. The Hall–Kier alpha value is -2.28. The van der Waals surface area contributed by atoms with Crippen LogP contribution >= 0.6 is 11.8 Å². The lowest BCUT2D eigenvalue weighted by atomic mass is 10.2. The number of hydrogen-bond donors (Lipinski definition) is 1. The molecular weight excluding hydrogens is 300 g/mol. The Bertz CT molecular complexity index is 810. The monoisotopic (exact) mass is 316 g/mol. The van der Waals surface area contributed by atoms with Crippen LogP contribution in [0, 0.1) is 13.8 Å². The molecule has 0 saturated carbocycles. The summed E-state index contributed by atoms with van der Waals surface area (Å²) in [6, 6.07) is 5.32. The first kappa shape index (κ1) is 14.6. The van der Waals surface area contributed by atoms with E-state index in [9.17, 15) is 5.11 Å². The smallest absolute Gasteiger partial charge is 0.191 e. The van der Waals surface area contributed by atoms with Crippen molar-refractivity contribution in [3.63, 3.8) is 0 Å². The molecule has 0 aromatic carbocycles. The molecule has 1 N–H and O–H groups in total. The van der Waals surface area contributed by atoms with Gasteiger partial charge in [0.05, 0.1) is 17.5 Å². The summed E-state index contributed by atoms with van der Waals surface area (Å²) in [7, 11) is 1.91. The van der Waals surface area contributed by atoms with Gasteiger partial charge in [0.2, 0.25) is 0 Å². The first-order valence-electron chi connectivity index (χ1n) is 6.78. The minimum absolute atomic E-state index is 0.200. The van der Waals surface area contributed by atoms with Crippen molar-refractivity contribution in [2.75, 3.05) is 0 Å². The number of aromatic hydroxyl groups is 1. The topological polar surface area (TPSA) is 77.0 Å². The molecule has 0 bridgehead atoms. The van der Waals surface area contributed by atoms with Crippen molar-refractivity contribution in [2.45, 2.75) is 24.8 Å². The Kier molecular flexibility index (Phi) is 3.89. The van der Waals surface area contributed by atoms with Gasteiger partial charge in [0.25, 0.3) is 0 Å². The fourth-order valence-corrected chi connectivity index (χ4v) is 2.99. The zero-order valence-electron chi connectivity index (χ0n) is 12.6. The summed E-state index contributed by atoms with van der Waals surface area (Å²) in [5.74, 6) is 2.30. The summed E-state index contributed by atoms with van der Waals surface area (Å²) in [6.45, 7) is 3.79. The molecule has 3 aromatic rings. The summed E-state index contributed by atoms with van der Waals surface area (Å²) in [5.41, 5.74) is 2.45. The second-order valence-corrected chi connectivity index (χ2v) is 5.91. The van der Waals surface area contributed by atoms with E-state index in [4.69, 9.17) is 4.42 Å². The molecule has 3 aromatic heterocycles. The van der Waals surface area contributed by atoms with Gasteiger partial charge in [0.1, 0.15) is 11.5 Å². The molecule has 0 aliphatic carbocycles. The van der Waals surface area contributed by atoms with Crippen LogP contribution in [0.5, 0.6) is 5.75 Å². The molecule has 0 aliphatic heterocycles. The van der Waals surface area contributed by atoms with Crippen molar-refractivity contribution in [1.29, 1.82) is 0 Å². The largest absolute Gasteiger partial charge is 0.506 e. The van der Waals surface area contributed by atoms with Crippen LogP contribution in [-0.2, 0) is 12.8 Å². The van der Waals surface area contributed by atoms with Crippen molar-refractivity contribution >= 4 is 11.8 Å². The van der Waals surface area contributed by atoms with Gasteiger partial charge in [0, 0.05) is 18.5 Å². The minimum Gasteiger partial charge on any atom is -0.506 e. The van der Waals surface area contributed by atoms with E-state index in [0.29, 0.717) is 11.4 Å². The fourth-order valence-electron chi connectivity index (χ4n) is 2.13. The first-order valence-corrected chi connectivity index (χ1v) is 7.77. The van der Waals surface area contributed by atoms with Crippen LogP contribution in [0.2, 0.25) is 0 Å². The van der Waals surface area contributed by atoms with Gasteiger partial charge in [-0.15, -0.1) is 10.2 Å². The van der Waals surface area contributed by atoms with Gasteiger partial charge in [-0.2, -0.15) is 0 Å². The van der Waals surface area contributed by atoms with E-state index in [2.05, 4.69) is 15.2 Å². The number of hydrogen-bond acceptors (Lipinski definition) is 6. The van der Waals surface area contributed by atoms with Crippen molar-refractivity contribution < 1.29 is 9.52 Å². The number of furan rings is 1. The van der Waals surface area contributed by atoms with E-state index < -0.39 is 0 Å². The van der Waals surface area contributed by atoms with Crippen LogP contribution in [0.1, 0.15) is 17.1 Å². The summed E-state index contributed by atoms with van der Waals surface area (Å²) in [5, 5.41) is 19.0. The molecule has 0 saturated heterocycles. The van der Waals surface area contributed by atoms with Crippen LogP contribution in [0.15, 0.2) is 34.0 Å². The van der Waals surface area contributed by atoms with E-state index in [1.54, 1.807) is 18.4 Å². The predicted molar refractivity (Wildman–Crippen MR) is 83.6 cm³/mol. The highest BCUT2D eigenvalue weighted by atomic mass is 32.2. The number of aryl methyl sites for hydroxylation is 2. The highest BCUT2D eigenvalue weighted by Crippen LogP contribution is 2.29. The number of rotatable bonds is 4. The maximum absolute atomic E-state index is 9.84. The molecule has 6 nitrogen and oxygen atoms in total. The SMILES string of the molecule is Cc1ccc(O)c(CSc2nnc(-c3ccoc3C)n2C)n1. The Morgan fingerprint density at radius 2 is 2.05 bits per heavy atom. The Morgan fingerprint density at radius 3 is 2.77 bits per heavy atom. The maximum Gasteiger partial charge on any atom is 0.191 e. The van der Waals surface area contributed by atoms with E-state index >= 15 is 0 Å². The molecular formula is C15H16N4O2S. The normalized spacial score (nSPS) is 11.0. The standard InChI is InChI=1S/C15H16N4O2S/c1-9-4-5-13(20)12(16-9)8-22-15-18-17-14(19(15)3)11-6-7-21-10(11)2/h4-7,20H,8H2,1-3H3. The Labute approximate surface area is 132 Å². The first-order chi connectivity index (χ1) is 10.6. The molecule has 3 rings (SSSR count). The molecule has 0 radical (unpaired) electrons. The van der Waals surface area contributed by atoms with E-state index in [1.807, 2.05) is 31.5 Å². The zero-order valence-corrected chi connectivity index (χ0v) is 13.4. The van der Waals surface area contributed by atoms with Crippen molar-refractivity contribution in [3.05, 3.63) is 41.6 Å². The third-order valence-corrected chi connectivity index (χ3v) is 4.39. The van der Waals surface area contributed by atoms with E-state index in [0.717, 1.165) is 28.0 Å². The van der Waals surface area contributed by atoms with Gasteiger partial charge in [0.15, 0.2) is 11.0 Å². The average Bonchev–Trinajstić information content (AvgIpc) is 3.06. The van der Waals surface area contributed by atoms with Crippen LogP contribution in [-0.4, -0.2) is 24.9 Å². The summed E-state index contributed by atoms with van der Waals surface area (Å²) in [6.07, 6.45) is 1.64.